The normalized spacial score (nSPS) is 23.3. The highest BCUT2D eigenvalue weighted by Crippen LogP contribution is 2.44. The van der Waals surface area contributed by atoms with Crippen LogP contribution in [0.2, 0.25) is 5.15 Å². The van der Waals surface area contributed by atoms with E-state index in [0.717, 1.165) is 23.3 Å². The Labute approximate surface area is 227 Å². The van der Waals surface area contributed by atoms with Crippen molar-refractivity contribution in [3.8, 4) is 0 Å². The van der Waals surface area contributed by atoms with Gasteiger partial charge >= 0.3 is 5.97 Å². The summed E-state index contributed by atoms with van der Waals surface area (Å²) < 4.78 is 5.37. The Hall–Kier alpha value is -2.89. The molecule has 2 unspecified atom stereocenters. The number of hydrogen-bond acceptors (Lipinski definition) is 13. The first-order valence-electron chi connectivity index (χ1n) is 10.7. The van der Waals surface area contributed by atoms with Gasteiger partial charge in [-0.3, -0.25) is 23.9 Å². The van der Waals surface area contributed by atoms with Crippen LogP contribution in [-0.4, -0.2) is 88.7 Å². The van der Waals surface area contributed by atoms with Crippen LogP contribution in [0, 0.1) is 5.41 Å². The number of aryl methyl sites for hydroxylation is 1. The van der Waals surface area contributed by atoms with Gasteiger partial charge in [0.1, 0.15) is 23.4 Å². The van der Waals surface area contributed by atoms with Crippen molar-refractivity contribution in [1.29, 1.82) is 0 Å². The maximum Gasteiger partial charge on any atom is 0.313 e. The van der Waals surface area contributed by atoms with Gasteiger partial charge in [-0.15, -0.1) is 23.5 Å². The molecule has 18 heteroatoms. The van der Waals surface area contributed by atoms with Crippen LogP contribution in [0.1, 0.15) is 12.7 Å². The number of nitrogens with zero attached hydrogens (tertiary/aromatic N) is 6. The number of amides is 2. The number of nitrogens with one attached hydrogen (secondary N) is 1. The van der Waals surface area contributed by atoms with Crippen molar-refractivity contribution in [3.05, 3.63) is 27.3 Å². The van der Waals surface area contributed by atoms with Crippen LogP contribution < -0.4 is 16.5 Å². The minimum absolute atomic E-state index is 0.0265. The molecule has 2 saturated heterocycles. The predicted molar refractivity (Wildman–Crippen MR) is 138 cm³/mol. The lowest BCUT2D eigenvalue weighted by Gasteiger charge is -2.53. The van der Waals surface area contributed by atoms with E-state index in [2.05, 4.69) is 24.9 Å². The molecule has 0 radical (unpaired) electrons. The van der Waals surface area contributed by atoms with Gasteiger partial charge in [-0.1, -0.05) is 16.8 Å². The Balaban J connectivity index is 1.45. The smallest absolute Gasteiger partial charge is 0.313 e. The molecule has 4 rings (SSSR count). The standard InChI is InChI=1S/C19H21ClN8O6S3/c1-3-34-25-10(13-23-18(21)37-26-13)14(30)22-11-15(31)28-5-19(17(32)33,7-36-16(11)28)6-35-9-4-8(29)12(20)24-27(9)2/h4,11,16H,3,5-7H2,1-2H3,(H,22,30)(H,32,33)(H2,21,23,26)/t11?,16-,19?/m1/s1. The molecule has 4 heterocycles. The molecule has 2 amide bonds. The van der Waals surface area contributed by atoms with Gasteiger partial charge in [0.2, 0.25) is 22.9 Å². The molecule has 2 aliphatic heterocycles. The van der Waals surface area contributed by atoms with Crippen molar-refractivity contribution in [2.24, 2.45) is 17.6 Å². The van der Waals surface area contributed by atoms with E-state index in [0.29, 0.717) is 5.03 Å². The van der Waals surface area contributed by atoms with E-state index in [1.165, 1.54) is 27.4 Å². The molecule has 0 spiro atoms. The molecule has 2 aromatic rings. The third kappa shape index (κ3) is 5.39. The quantitative estimate of drug-likeness (QED) is 0.152. The van der Waals surface area contributed by atoms with E-state index >= 15 is 0 Å². The summed E-state index contributed by atoms with van der Waals surface area (Å²) in [6.45, 7) is 1.82. The van der Waals surface area contributed by atoms with Crippen LogP contribution in [0.4, 0.5) is 5.13 Å². The molecular weight excluding hydrogens is 568 g/mol. The maximum absolute atomic E-state index is 12.9. The third-order valence-electron chi connectivity index (χ3n) is 5.55. The zero-order valence-corrected chi connectivity index (χ0v) is 22.6. The Morgan fingerprint density at radius 3 is 2.86 bits per heavy atom. The van der Waals surface area contributed by atoms with Crippen LogP contribution in [0.3, 0.4) is 0 Å². The molecule has 2 aromatic heterocycles. The number of β-lactam (4-membered cyclic amide) rings is 1. The number of aliphatic carboxylic acids is 1. The first kappa shape index (κ1) is 27.2. The van der Waals surface area contributed by atoms with Crippen molar-refractivity contribution >= 4 is 75.3 Å². The van der Waals surface area contributed by atoms with Gasteiger partial charge < -0.3 is 25.9 Å². The number of thioether (sulfide) groups is 2. The van der Waals surface area contributed by atoms with Crippen molar-refractivity contribution in [3.63, 3.8) is 0 Å². The summed E-state index contributed by atoms with van der Waals surface area (Å²) in [6.07, 6.45) is 0. The van der Waals surface area contributed by atoms with E-state index in [1.54, 1.807) is 14.0 Å². The first-order valence-corrected chi connectivity index (χ1v) is 13.9. The Bertz CT molecular complexity index is 1340. The van der Waals surface area contributed by atoms with Crippen molar-refractivity contribution in [1.82, 2.24) is 29.4 Å². The molecule has 0 aliphatic carbocycles. The Morgan fingerprint density at radius 1 is 1.46 bits per heavy atom. The van der Waals surface area contributed by atoms with Crippen LogP contribution >= 0.6 is 46.7 Å². The lowest BCUT2D eigenvalue weighted by Crippen LogP contribution is -2.74. The number of aromatic nitrogens is 4. The van der Waals surface area contributed by atoms with E-state index < -0.39 is 40.0 Å². The van der Waals surface area contributed by atoms with Gasteiger partial charge in [0.25, 0.3) is 5.91 Å². The fraction of sp³-hybridized carbons (Fsp3) is 0.474. The average Bonchev–Trinajstić information content (AvgIpc) is 3.29. The number of nitrogens with two attached hydrogens (primary N) is 1. The van der Waals surface area contributed by atoms with Gasteiger partial charge in [0, 0.05) is 42.7 Å². The number of rotatable bonds is 9. The Kier molecular flexibility index (Phi) is 7.96. The number of carbonyl (C=O) groups is 3. The van der Waals surface area contributed by atoms with Gasteiger partial charge in [0.15, 0.2) is 10.3 Å². The number of carboxylic acid groups (broad SMARTS) is 1. The van der Waals surface area contributed by atoms with Crippen LogP contribution in [0.15, 0.2) is 21.0 Å². The summed E-state index contributed by atoms with van der Waals surface area (Å²) in [7, 11) is 1.59. The topological polar surface area (TPSA) is 195 Å². The average molecular weight is 589 g/mol. The number of carbonyl (C=O) groups excluding carboxylic acids is 2. The molecular formula is C19H21ClN8O6S3. The highest BCUT2D eigenvalue weighted by molar-refractivity contribution is 8.00. The molecule has 0 bridgehead atoms. The zero-order chi connectivity index (χ0) is 26.9. The van der Waals surface area contributed by atoms with Crippen LogP contribution in [0.25, 0.3) is 0 Å². The number of nitrogen functional groups attached to an aromatic ring is 1. The van der Waals surface area contributed by atoms with Gasteiger partial charge in [0.05, 0.1) is 5.03 Å². The van der Waals surface area contributed by atoms with E-state index in [4.69, 9.17) is 22.2 Å². The van der Waals surface area contributed by atoms with Crippen molar-refractivity contribution < 1.29 is 24.3 Å². The van der Waals surface area contributed by atoms with Crippen LogP contribution in [0.5, 0.6) is 0 Å². The van der Waals surface area contributed by atoms with Gasteiger partial charge in [-0.25, -0.2) is 0 Å². The second-order valence-corrected chi connectivity index (χ2v) is 11.3. The molecule has 4 N–H and O–H groups in total. The van der Waals surface area contributed by atoms with Crippen molar-refractivity contribution in [2.75, 3.05) is 30.4 Å². The summed E-state index contributed by atoms with van der Waals surface area (Å²) in [4.78, 5) is 60.4. The number of oxime groups is 1. The zero-order valence-electron chi connectivity index (χ0n) is 19.4. The molecule has 14 nitrogen and oxygen atoms in total. The lowest BCUT2D eigenvalue weighted by molar-refractivity contribution is -0.157. The molecule has 3 atom stereocenters. The van der Waals surface area contributed by atoms with Crippen molar-refractivity contribution in [2.45, 2.75) is 23.4 Å². The third-order valence-corrected chi connectivity index (χ3v) is 9.32. The second kappa shape index (κ2) is 10.8. The summed E-state index contributed by atoms with van der Waals surface area (Å²) in [6, 6.07) is 0.405. The van der Waals surface area contributed by atoms with Gasteiger partial charge in [-0.2, -0.15) is 14.5 Å². The molecule has 0 saturated carbocycles. The second-order valence-electron chi connectivity index (χ2n) is 8.07. The molecule has 198 valence electrons. The molecule has 2 aliphatic rings. The van der Waals surface area contributed by atoms with E-state index in [9.17, 15) is 24.3 Å². The number of anilines is 1. The first-order chi connectivity index (χ1) is 17.6. The maximum atomic E-state index is 12.9. The highest BCUT2D eigenvalue weighted by Gasteiger charge is 2.57. The number of hydrogen-bond donors (Lipinski definition) is 3. The lowest BCUT2D eigenvalue weighted by atomic mass is 9.89. The summed E-state index contributed by atoms with van der Waals surface area (Å²) in [5, 5.41) is 20.3. The number of halogens is 1. The van der Waals surface area contributed by atoms with Gasteiger partial charge in [-0.05, 0) is 6.92 Å². The SMILES string of the molecule is CCON=C(C(=O)NC1C(=O)N2CC(CSc3cc(=O)c(Cl)nn3C)(C(=O)O)CS[C@H]12)c1nsc(N)n1. The minimum Gasteiger partial charge on any atom is -0.481 e. The molecule has 2 fully saturated rings. The fourth-order valence-electron chi connectivity index (χ4n) is 3.60. The van der Waals surface area contributed by atoms with E-state index in [-0.39, 0.29) is 46.5 Å². The monoisotopic (exact) mass is 588 g/mol. The largest absolute Gasteiger partial charge is 0.481 e. The fourth-order valence-corrected chi connectivity index (χ4v) is 7.04. The number of carboxylic acids is 1. The molecule has 37 heavy (non-hydrogen) atoms. The van der Waals surface area contributed by atoms with Crippen LogP contribution in [-0.2, 0) is 26.3 Å². The summed E-state index contributed by atoms with van der Waals surface area (Å²) in [5.74, 6) is -1.98. The minimum atomic E-state index is -1.28. The molecule has 0 aromatic carbocycles. The summed E-state index contributed by atoms with van der Waals surface area (Å²) in [5.41, 5.74) is 3.63. The predicted octanol–water partition coefficient (Wildman–Crippen LogP) is -0.129. The highest BCUT2D eigenvalue weighted by atomic mass is 35.5. The number of fused-ring (bicyclic) bond motifs is 1. The van der Waals surface area contributed by atoms with E-state index in [1.807, 2.05) is 0 Å². The summed E-state index contributed by atoms with van der Waals surface area (Å²) >= 11 is 9.02. The Morgan fingerprint density at radius 2 is 2.22 bits per heavy atom.